The molecular formula is C21H29N3O. The summed E-state index contributed by atoms with van der Waals surface area (Å²) >= 11 is 0. The molecule has 25 heavy (non-hydrogen) atoms. The predicted octanol–water partition coefficient (Wildman–Crippen LogP) is 3.39. The maximum atomic E-state index is 12.2. The summed E-state index contributed by atoms with van der Waals surface area (Å²) in [4.78, 5) is 16.2. The van der Waals surface area contributed by atoms with Gasteiger partial charge in [-0.3, -0.25) is 4.90 Å². The number of urea groups is 1. The van der Waals surface area contributed by atoms with Gasteiger partial charge in [-0.1, -0.05) is 60.7 Å². The van der Waals surface area contributed by atoms with E-state index in [0.29, 0.717) is 13.1 Å². The lowest BCUT2D eigenvalue weighted by atomic mass is 10.1. The first kappa shape index (κ1) is 19.0. The van der Waals surface area contributed by atoms with Crippen LogP contribution < -0.4 is 5.32 Å². The molecule has 0 aliphatic rings. The van der Waals surface area contributed by atoms with Gasteiger partial charge in [-0.05, 0) is 31.5 Å². The molecule has 134 valence electrons. The van der Waals surface area contributed by atoms with E-state index in [0.717, 1.165) is 13.0 Å². The van der Waals surface area contributed by atoms with E-state index < -0.39 is 0 Å². The number of nitrogens with zero attached hydrogens (tertiary/aromatic N) is 2. The average molecular weight is 339 g/mol. The minimum atomic E-state index is -0.0177. The van der Waals surface area contributed by atoms with Crippen LogP contribution in [0.3, 0.4) is 0 Å². The molecule has 4 nitrogen and oxygen atoms in total. The van der Waals surface area contributed by atoms with Gasteiger partial charge in [-0.25, -0.2) is 4.79 Å². The second-order valence-electron chi connectivity index (χ2n) is 6.59. The minimum Gasteiger partial charge on any atom is -0.336 e. The lowest BCUT2D eigenvalue weighted by Crippen LogP contribution is -2.44. The fourth-order valence-electron chi connectivity index (χ4n) is 2.60. The van der Waals surface area contributed by atoms with E-state index in [1.165, 1.54) is 11.1 Å². The zero-order valence-corrected chi connectivity index (χ0v) is 15.5. The zero-order chi connectivity index (χ0) is 18.1. The first-order valence-electron chi connectivity index (χ1n) is 8.83. The van der Waals surface area contributed by atoms with Crippen LogP contribution in [-0.2, 0) is 13.0 Å². The molecule has 0 saturated heterocycles. The summed E-state index contributed by atoms with van der Waals surface area (Å²) in [7, 11) is 3.93. The van der Waals surface area contributed by atoms with Crippen molar-refractivity contribution in [2.24, 2.45) is 0 Å². The van der Waals surface area contributed by atoms with Crippen LogP contribution in [0, 0.1) is 0 Å². The van der Waals surface area contributed by atoms with Gasteiger partial charge in [0, 0.05) is 32.7 Å². The Kier molecular flexibility index (Phi) is 7.48. The van der Waals surface area contributed by atoms with Gasteiger partial charge in [0.25, 0.3) is 0 Å². The Hall–Kier alpha value is -2.33. The van der Waals surface area contributed by atoms with Crippen LogP contribution in [0.1, 0.15) is 18.1 Å². The molecule has 1 atom stereocenters. The molecule has 2 aromatic rings. The molecule has 0 spiro atoms. The summed E-state index contributed by atoms with van der Waals surface area (Å²) in [6.07, 6.45) is 0.869. The molecular weight excluding hydrogens is 310 g/mol. The molecule has 0 fully saturated rings. The Labute approximate surface area is 151 Å². The lowest BCUT2D eigenvalue weighted by Gasteiger charge is -2.26. The van der Waals surface area contributed by atoms with Crippen LogP contribution >= 0.6 is 0 Å². The molecule has 1 N–H and O–H groups in total. The molecule has 0 saturated carbocycles. The number of hydrogen-bond donors (Lipinski definition) is 1. The van der Waals surface area contributed by atoms with Crippen LogP contribution in [0.5, 0.6) is 0 Å². The number of likely N-dealkylation sites (N-methyl/N-ethyl adjacent to an activating group) is 2. The molecule has 2 amide bonds. The summed E-state index contributed by atoms with van der Waals surface area (Å²) < 4.78 is 0. The number of amides is 2. The monoisotopic (exact) mass is 339 g/mol. The quantitative estimate of drug-likeness (QED) is 0.800. The predicted molar refractivity (Wildman–Crippen MR) is 104 cm³/mol. The first-order valence-corrected chi connectivity index (χ1v) is 8.83. The highest BCUT2D eigenvalue weighted by atomic mass is 16.2. The van der Waals surface area contributed by atoms with E-state index >= 15 is 0 Å². The second-order valence-corrected chi connectivity index (χ2v) is 6.59. The fraction of sp³-hybridized carbons (Fsp3) is 0.381. The largest absolute Gasteiger partial charge is 0.336 e. The van der Waals surface area contributed by atoms with Crippen molar-refractivity contribution in [3.8, 4) is 0 Å². The molecule has 2 aromatic carbocycles. The maximum absolute atomic E-state index is 12.2. The third-order valence-electron chi connectivity index (χ3n) is 4.50. The summed E-state index contributed by atoms with van der Waals surface area (Å²) in [5.74, 6) is 0. The van der Waals surface area contributed by atoms with Gasteiger partial charge >= 0.3 is 6.03 Å². The van der Waals surface area contributed by atoms with E-state index in [9.17, 15) is 4.79 Å². The van der Waals surface area contributed by atoms with Crippen LogP contribution in [-0.4, -0.2) is 49.1 Å². The van der Waals surface area contributed by atoms with Crippen molar-refractivity contribution in [3.63, 3.8) is 0 Å². The molecule has 0 heterocycles. The van der Waals surface area contributed by atoms with Gasteiger partial charge in [-0.2, -0.15) is 0 Å². The van der Waals surface area contributed by atoms with Gasteiger partial charge in [0.15, 0.2) is 0 Å². The first-order chi connectivity index (χ1) is 12.1. The smallest absolute Gasteiger partial charge is 0.317 e. The molecule has 0 aliphatic carbocycles. The van der Waals surface area contributed by atoms with Crippen LogP contribution in [0.15, 0.2) is 60.7 Å². The van der Waals surface area contributed by atoms with Gasteiger partial charge < -0.3 is 10.2 Å². The van der Waals surface area contributed by atoms with Crippen molar-refractivity contribution in [3.05, 3.63) is 71.8 Å². The van der Waals surface area contributed by atoms with E-state index in [1.807, 2.05) is 31.3 Å². The third kappa shape index (κ3) is 6.59. The summed E-state index contributed by atoms with van der Waals surface area (Å²) in [5.41, 5.74) is 2.53. The summed E-state index contributed by atoms with van der Waals surface area (Å²) in [5, 5.41) is 3.03. The van der Waals surface area contributed by atoms with Crippen LogP contribution in [0.25, 0.3) is 0 Å². The number of hydrogen-bond acceptors (Lipinski definition) is 2. The molecule has 0 bridgehead atoms. The Morgan fingerprint density at radius 3 is 2.12 bits per heavy atom. The number of nitrogens with one attached hydrogen (secondary N) is 1. The highest BCUT2D eigenvalue weighted by Crippen LogP contribution is 2.06. The van der Waals surface area contributed by atoms with E-state index in [4.69, 9.17) is 0 Å². The highest BCUT2D eigenvalue weighted by molar-refractivity contribution is 5.73. The number of carbonyl (C=O) groups is 1. The normalized spacial score (nSPS) is 12.0. The van der Waals surface area contributed by atoms with Gasteiger partial charge in [0.2, 0.25) is 0 Å². The Morgan fingerprint density at radius 2 is 1.52 bits per heavy atom. The number of rotatable bonds is 8. The number of benzene rings is 2. The van der Waals surface area contributed by atoms with Crippen molar-refractivity contribution in [2.45, 2.75) is 25.9 Å². The van der Waals surface area contributed by atoms with Crippen molar-refractivity contribution >= 4 is 6.03 Å². The Balaban J connectivity index is 1.70. The number of carbonyl (C=O) groups excluding carboxylic acids is 1. The summed E-state index contributed by atoms with van der Waals surface area (Å²) in [6, 6.07) is 20.9. The molecule has 4 heteroatoms. The van der Waals surface area contributed by atoms with Crippen molar-refractivity contribution < 1.29 is 4.79 Å². The highest BCUT2D eigenvalue weighted by Gasteiger charge is 2.13. The van der Waals surface area contributed by atoms with Gasteiger partial charge in [-0.15, -0.1) is 0 Å². The van der Waals surface area contributed by atoms with E-state index in [-0.39, 0.29) is 12.1 Å². The van der Waals surface area contributed by atoms with E-state index in [1.54, 1.807) is 4.90 Å². The van der Waals surface area contributed by atoms with Gasteiger partial charge in [0.1, 0.15) is 0 Å². The SMILES string of the molecule is CC(CNC(=O)N(C)CCc1ccccc1)N(C)Cc1ccccc1. The molecule has 1 unspecified atom stereocenters. The van der Waals surface area contributed by atoms with Gasteiger partial charge in [0.05, 0.1) is 0 Å². The Bertz CT molecular complexity index is 630. The van der Waals surface area contributed by atoms with E-state index in [2.05, 4.69) is 60.6 Å². The average Bonchev–Trinajstić information content (AvgIpc) is 2.65. The van der Waals surface area contributed by atoms with Crippen LogP contribution in [0.2, 0.25) is 0 Å². The topological polar surface area (TPSA) is 35.6 Å². The zero-order valence-electron chi connectivity index (χ0n) is 15.5. The fourth-order valence-corrected chi connectivity index (χ4v) is 2.60. The van der Waals surface area contributed by atoms with Crippen molar-refractivity contribution in [1.29, 1.82) is 0 Å². The summed E-state index contributed by atoms with van der Waals surface area (Å²) in [6.45, 7) is 4.36. The van der Waals surface area contributed by atoms with Crippen molar-refractivity contribution in [1.82, 2.24) is 15.1 Å². The Morgan fingerprint density at radius 1 is 0.960 bits per heavy atom. The molecule has 0 radical (unpaired) electrons. The molecule has 2 rings (SSSR count). The van der Waals surface area contributed by atoms with Crippen LogP contribution in [0.4, 0.5) is 4.79 Å². The second kappa shape index (κ2) is 9.84. The maximum Gasteiger partial charge on any atom is 0.317 e. The minimum absolute atomic E-state index is 0.0177. The van der Waals surface area contributed by atoms with Crippen molar-refractivity contribution in [2.75, 3.05) is 27.2 Å². The molecule has 0 aromatic heterocycles. The third-order valence-corrected chi connectivity index (χ3v) is 4.50. The standard InChI is InChI=1S/C21H29N3O/c1-18(24(3)17-20-12-8-5-9-13-20)16-22-21(25)23(2)15-14-19-10-6-4-7-11-19/h4-13,18H,14-17H2,1-3H3,(H,22,25). The molecule has 0 aliphatic heterocycles. The lowest BCUT2D eigenvalue weighted by molar-refractivity contribution is 0.199.